The number of ether oxygens (including phenoxy) is 1. The molecule has 1 aromatic rings. The Balaban J connectivity index is 2.01. The Morgan fingerprint density at radius 3 is 2.77 bits per heavy atom. The molecule has 2 atom stereocenters. The van der Waals surface area contributed by atoms with Crippen molar-refractivity contribution in [3.8, 4) is 0 Å². The first kappa shape index (κ1) is 16.9. The van der Waals surface area contributed by atoms with E-state index in [4.69, 9.17) is 4.74 Å². The minimum atomic E-state index is -1.26. The molecule has 1 aromatic heterocycles. The molecular weight excluding hydrogens is 304 g/mol. The summed E-state index contributed by atoms with van der Waals surface area (Å²) in [6, 6.07) is 0. The Bertz CT molecular complexity index is 544. The van der Waals surface area contributed by atoms with Gasteiger partial charge in [0.2, 0.25) is 5.91 Å². The maximum absolute atomic E-state index is 12.2. The lowest BCUT2D eigenvalue weighted by atomic mass is 9.54. The van der Waals surface area contributed by atoms with E-state index in [1.807, 2.05) is 26.2 Å². The van der Waals surface area contributed by atoms with Gasteiger partial charge < -0.3 is 15.2 Å². The molecule has 0 bridgehead atoms. The van der Waals surface area contributed by atoms with Crippen LogP contribution < -0.4 is 5.32 Å². The molecule has 0 spiro atoms. The van der Waals surface area contributed by atoms with Gasteiger partial charge in [0.15, 0.2) is 0 Å². The summed E-state index contributed by atoms with van der Waals surface area (Å²) in [4.78, 5) is 28.0. The van der Waals surface area contributed by atoms with Crippen molar-refractivity contribution in [2.45, 2.75) is 51.7 Å². The number of nitrogens with zero attached hydrogens (tertiary/aromatic N) is 1. The smallest absolute Gasteiger partial charge is 0.330 e. The quantitative estimate of drug-likeness (QED) is 0.798. The molecule has 1 aliphatic rings. The van der Waals surface area contributed by atoms with Crippen molar-refractivity contribution < 1.29 is 19.4 Å². The van der Waals surface area contributed by atoms with E-state index in [1.54, 1.807) is 5.51 Å². The molecule has 1 aliphatic carbocycles. The summed E-state index contributed by atoms with van der Waals surface area (Å²) in [7, 11) is 0. The molecule has 0 radical (unpaired) electrons. The summed E-state index contributed by atoms with van der Waals surface area (Å²) >= 11 is 1.48. The zero-order chi connectivity index (χ0) is 16.4. The number of carboxylic acids is 1. The third-order valence-corrected chi connectivity index (χ3v) is 5.21. The molecule has 1 heterocycles. The first-order valence-electron chi connectivity index (χ1n) is 7.36. The summed E-state index contributed by atoms with van der Waals surface area (Å²) in [5.41, 5.74) is 0.662. The van der Waals surface area contributed by atoms with Crippen molar-refractivity contribution in [2.24, 2.45) is 5.41 Å². The predicted molar refractivity (Wildman–Crippen MR) is 82.8 cm³/mol. The standard InChI is InChI=1S/C15H22N2O4S/c1-4-21-11-7-15(13(19)20,14(11,2)3)17-12(18)6-5-10-8-22-9-16-10/h8-9,11H,4-7H2,1-3H3,(H,17,18)(H,19,20). The second kappa shape index (κ2) is 6.34. The number of hydrogen-bond acceptors (Lipinski definition) is 5. The first-order chi connectivity index (χ1) is 10.3. The monoisotopic (exact) mass is 326 g/mol. The van der Waals surface area contributed by atoms with E-state index < -0.39 is 16.9 Å². The predicted octanol–water partition coefficient (Wildman–Crippen LogP) is 1.85. The number of aryl methyl sites for hydroxylation is 1. The van der Waals surface area contributed by atoms with Gasteiger partial charge in [0.05, 0.1) is 17.3 Å². The molecule has 2 unspecified atom stereocenters. The number of carboxylic acid groups (broad SMARTS) is 1. The summed E-state index contributed by atoms with van der Waals surface area (Å²) in [5, 5.41) is 14.2. The fraction of sp³-hybridized carbons (Fsp3) is 0.667. The molecule has 0 aliphatic heterocycles. The molecule has 2 rings (SSSR count). The van der Waals surface area contributed by atoms with E-state index in [2.05, 4.69) is 10.3 Å². The van der Waals surface area contributed by atoms with Crippen molar-refractivity contribution >= 4 is 23.2 Å². The average Bonchev–Trinajstić information content (AvgIpc) is 2.96. The maximum Gasteiger partial charge on any atom is 0.330 e. The van der Waals surface area contributed by atoms with Crippen LogP contribution in [-0.4, -0.2) is 40.2 Å². The lowest BCUT2D eigenvalue weighted by molar-refractivity contribution is -0.194. The Hall–Kier alpha value is -1.47. The highest BCUT2D eigenvalue weighted by molar-refractivity contribution is 7.07. The number of amides is 1. The van der Waals surface area contributed by atoms with Crippen LogP contribution in [0.1, 0.15) is 39.3 Å². The van der Waals surface area contributed by atoms with Gasteiger partial charge in [-0.1, -0.05) is 13.8 Å². The van der Waals surface area contributed by atoms with Gasteiger partial charge in [0, 0.05) is 30.2 Å². The molecule has 0 saturated heterocycles. The van der Waals surface area contributed by atoms with Crippen LogP contribution in [0.3, 0.4) is 0 Å². The van der Waals surface area contributed by atoms with Crippen LogP contribution in [-0.2, 0) is 20.7 Å². The fourth-order valence-electron chi connectivity index (χ4n) is 2.94. The second-order valence-corrected chi connectivity index (χ2v) is 6.83. The van der Waals surface area contributed by atoms with Gasteiger partial charge in [-0.25, -0.2) is 9.78 Å². The Morgan fingerprint density at radius 1 is 1.55 bits per heavy atom. The molecule has 7 heteroatoms. The van der Waals surface area contributed by atoms with Crippen LogP contribution in [0.4, 0.5) is 0 Å². The second-order valence-electron chi connectivity index (χ2n) is 6.11. The number of carbonyl (C=O) groups excluding carboxylic acids is 1. The Morgan fingerprint density at radius 2 is 2.27 bits per heavy atom. The molecule has 6 nitrogen and oxygen atoms in total. The fourth-order valence-corrected chi connectivity index (χ4v) is 3.53. The van der Waals surface area contributed by atoms with E-state index in [0.29, 0.717) is 19.4 Å². The summed E-state index contributed by atoms with van der Waals surface area (Å²) in [5.74, 6) is -1.27. The molecule has 1 amide bonds. The zero-order valence-corrected chi connectivity index (χ0v) is 13.9. The minimum Gasteiger partial charge on any atom is -0.479 e. The largest absolute Gasteiger partial charge is 0.479 e. The van der Waals surface area contributed by atoms with Gasteiger partial charge in [-0.15, -0.1) is 11.3 Å². The van der Waals surface area contributed by atoms with E-state index in [0.717, 1.165) is 5.69 Å². The van der Waals surface area contributed by atoms with Crippen LogP contribution in [0, 0.1) is 5.41 Å². The van der Waals surface area contributed by atoms with Crippen molar-refractivity contribution in [1.82, 2.24) is 10.3 Å². The van der Waals surface area contributed by atoms with E-state index >= 15 is 0 Å². The van der Waals surface area contributed by atoms with Crippen molar-refractivity contribution in [1.29, 1.82) is 0 Å². The van der Waals surface area contributed by atoms with Crippen molar-refractivity contribution in [3.63, 3.8) is 0 Å². The number of hydrogen-bond donors (Lipinski definition) is 2. The molecule has 1 saturated carbocycles. The van der Waals surface area contributed by atoms with Crippen molar-refractivity contribution in [2.75, 3.05) is 6.61 Å². The SMILES string of the molecule is CCOC1CC(NC(=O)CCc2cscn2)(C(=O)O)C1(C)C. The van der Waals surface area contributed by atoms with E-state index in [9.17, 15) is 14.7 Å². The van der Waals surface area contributed by atoms with Gasteiger partial charge in [-0.3, -0.25) is 4.79 Å². The van der Waals surface area contributed by atoms with Gasteiger partial charge in [-0.2, -0.15) is 0 Å². The summed E-state index contributed by atoms with van der Waals surface area (Å²) < 4.78 is 5.58. The highest BCUT2D eigenvalue weighted by Crippen LogP contribution is 2.51. The highest BCUT2D eigenvalue weighted by Gasteiger charge is 2.66. The van der Waals surface area contributed by atoms with Crippen LogP contribution >= 0.6 is 11.3 Å². The van der Waals surface area contributed by atoms with E-state index in [-0.39, 0.29) is 18.4 Å². The summed E-state index contributed by atoms with van der Waals surface area (Å²) in [6.45, 7) is 6.06. The third kappa shape index (κ3) is 2.87. The van der Waals surface area contributed by atoms with Crippen LogP contribution in [0.5, 0.6) is 0 Å². The van der Waals surface area contributed by atoms with Crippen LogP contribution in [0.15, 0.2) is 10.9 Å². The Kier molecular flexibility index (Phi) is 4.87. The minimum absolute atomic E-state index is 0.160. The third-order valence-electron chi connectivity index (χ3n) is 4.57. The van der Waals surface area contributed by atoms with Crippen molar-refractivity contribution in [3.05, 3.63) is 16.6 Å². The number of carbonyl (C=O) groups is 2. The number of aliphatic carboxylic acids is 1. The first-order valence-corrected chi connectivity index (χ1v) is 8.31. The highest BCUT2D eigenvalue weighted by atomic mass is 32.1. The Labute approximate surface area is 133 Å². The normalized spacial score (nSPS) is 26.2. The number of aromatic nitrogens is 1. The summed E-state index contributed by atoms with van der Waals surface area (Å²) in [6.07, 6.45) is 0.882. The number of nitrogens with one attached hydrogen (secondary N) is 1. The molecule has 1 fully saturated rings. The average molecular weight is 326 g/mol. The zero-order valence-electron chi connectivity index (χ0n) is 13.1. The van der Waals surface area contributed by atoms with Gasteiger partial charge in [-0.05, 0) is 13.3 Å². The molecule has 22 heavy (non-hydrogen) atoms. The maximum atomic E-state index is 12.2. The van der Waals surface area contributed by atoms with Gasteiger partial charge in [0.1, 0.15) is 5.54 Å². The van der Waals surface area contributed by atoms with Crippen LogP contribution in [0.25, 0.3) is 0 Å². The van der Waals surface area contributed by atoms with Gasteiger partial charge in [0.25, 0.3) is 0 Å². The number of thiazole rings is 1. The topological polar surface area (TPSA) is 88.5 Å². The molecule has 122 valence electrons. The number of rotatable bonds is 7. The lowest BCUT2D eigenvalue weighted by Gasteiger charge is -2.58. The van der Waals surface area contributed by atoms with Gasteiger partial charge >= 0.3 is 5.97 Å². The molecular formula is C15H22N2O4S. The van der Waals surface area contributed by atoms with E-state index in [1.165, 1.54) is 11.3 Å². The molecule has 2 N–H and O–H groups in total. The molecule has 0 aromatic carbocycles. The lowest BCUT2D eigenvalue weighted by Crippen LogP contribution is -2.76. The van der Waals surface area contributed by atoms with Crippen LogP contribution in [0.2, 0.25) is 0 Å².